The number of hydrogen-bond acceptors (Lipinski definition) is 5. The van der Waals surface area contributed by atoms with E-state index in [0.29, 0.717) is 5.69 Å². The number of rotatable bonds is 6. The Morgan fingerprint density at radius 1 is 0.774 bits per heavy atom. The van der Waals surface area contributed by atoms with Gasteiger partial charge in [-0.2, -0.15) is 4.57 Å². The summed E-state index contributed by atoms with van der Waals surface area (Å²) in [5.41, 5.74) is 4.48. The number of benzene rings is 2. The average molecular weight is 417 g/mol. The minimum atomic E-state index is -0.521. The van der Waals surface area contributed by atoms with Gasteiger partial charge in [0.05, 0.1) is 25.3 Å². The summed E-state index contributed by atoms with van der Waals surface area (Å²) in [4.78, 5) is 26.1. The lowest BCUT2D eigenvalue weighted by Gasteiger charge is -2.11. The normalized spacial score (nSPS) is 10.7. The van der Waals surface area contributed by atoms with Crippen LogP contribution in [0.2, 0.25) is 0 Å². The fourth-order valence-corrected chi connectivity index (χ4v) is 3.03. The average Bonchev–Trinajstić information content (AvgIpc) is 2.81. The van der Waals surface area contributed by atoms with Crippen molar-refractivity contribution in [1.29, 1.82) is 0 Å². The third-order valence-electron chi connectivity index (χ3n) is 4.79. The molecule has 0 aliphatic rings. The SMILES string of the molecule is COC(=O)c1cc(C(=O)OC)cc(-[n+]2ccc(/C=C/c3ccc(N(C)C)cc3)cc2)c1. The van der Waals surface area contributed by atoms with Gasteiger partial charge in [-0.15, -0.1) is 0 Å². The second-order valence-electron chi connectivity index (χ2n) is 7.11. The molecule has 6 nitrogen and oxygen atoms in total. The van der Waals surface area contributed by atoms with Crippen molar-refractivity contribution in [3.63, 3.8) is 0 Å². The Labute approximate surface area is 182 Å². The molecule has 2 aromatic carbocycles. The Morgan fingerprint density at radius 2 is 1.26 bits per heavy atom. The number of carbonyl (C=O) groups is 2. The van der Waals surface area contributed by atoms with Crippen molar-refractivity contribution in [3.8, 4) is 5.69 Å². The molecule has 0 fully saturated rings. The van der Waals surface area contributed by atoms with E-state index in [1.54, 1.807) is 12.1 Å². The fourth-order valence-electron chi connectivity index (χ4n) is 3.03. The summed E-state index contributed by atoms with van der Waals surface area (Å²) in [5.74, 6) is -1.04. The van der Waals surface area contributed by atoms with Gasteiger partial charge >= 0.3 is 11.9 Å². The molecule has 0 bridgehead atoms. The van der Waals surface area contributed by atoms with Gasteiger partial charge in [-0.05, 0) is 29.3 Å². The van der Waals surface area contributed by atoms with Gasteiger partial charge in [0.2, 0.25) is 5.69 Å². The maximum absolute atomic E-state index is 12.0. The van der Waals surface area contributed by atoms with Gasteiger partial charge in [0.15, 0.2) is 12.4 Å². The monoisotopic (exact) mass is 417 g/mol. The summed E-state index contributed by atoms with van der Waals surface area (Å²) in [6.07, 6.45) is 7.81. The largest absolute Gasteiger partial charge is 0.465 e. The zero-order chi connectivity index (χ0) is 22.4. The second kappa shape index (κ2) is 9.71. The quantitative estimate of drug-likeness (QED) is 0.451. The van der Waals surface area contributed by atoms with Crippen LogP contribution in [0.3, 0.4) is 0 Å². The molecule has 6 heteroatoms. The van der Waals surface area contributed by atoms with E-state index in [0.717, 1.165) is 16.8 Å². The minimum absolute atomic E-state index is 0.276. The molecule has 0 spiro atoms. The lowest BCUT2D eigenvalue weighted by atomic mass is 10.1. The summed E-state index contributed by atoms with van der Waals surface area (Å²) in [5, 5.41) is 0. The molecule has 0 aliphatic heterocycles. The predicted octanol–water partition coefficient (Wildman–Crippen LogP) is 3.77. The number of aromatic nitrogens is 1. The van der Waals surface area contributed by atoms with Gasteiger partial charge in [0.1, 0.15) is 0 Å². The van der Waals surface area contributed by atoms with Gasteiger partial charge in [0.25, 0.3) is 0 Å². The van der Waals surface area contributed by atoms with Gasteiger partial charge in [-0.1, -0.05) is 24.3 Å². The summed E-state index contributed by atoms with van der Waals surface area (Å²) in [7, 11) is 6.63. The highest BCUT2D eigenvalue weighted by Gasteiger charge is 2.18. The molecule has 0 amide bonds. The first-order valence-electron chi connectivity index (χ1n) is 9.70. The Hall–Kier alpha value is -3.93. The van der Waals surface area contributed by atoms with Crippen LogP contribution in [0.15, 0.2) is 67.0 Å². The highest BCUT2D eigenvalue weighted by Crippen LogP contribution is 2.15. The lowest BCUT2D eigenvalue weighted by Crippen LogP contribution is -2.30. The number of methoxy groups -OCH3 is 2. The summed E-state index contributed by atoms with van der Waals surface area (Å²) in [6.45, 7) is 0. The third kappa shape index (κ3) is 5.36. The number of nitrogens with zero attached hydrogens (tertiary/aromatic N) is 2. The van der Waals surface area contributed by atoms with Crippen molar-refractivity contribution in [2.75, 3.05) is 33.2 Å². The summed E-state index contributed by atoms with van der Waals surface area (Å²) >= 11 is 0. The maximum atomic E-state index is 12.0. The predicted molar refractivity (Wildman–Crippen MR) is 120 cm³/mol. The molecule has 0 unspecified atom stereocenters. The molecule has 0 aliphatic carbocycles. The summed E-state index contributed by atoms with van der Waals surface area (Å²) in [6, 6.07) is 17.0. The summed E-state index contributed by atoms with van der Waals surface area (Å²) < 4.78 is 11.4. The molecule has 0 N–H and O–H groups in total. The first-order valence-corrected chi connectivity index (χ1v) is 9.70. The molecule has 31 heavy (non-hydrogen) atoms. The van der Waals surface area contributed by atoms with Crippen LogP contribution in [0.1, 0.15) is 31.8 Å². The molecular weight excluding hydrogens is 392 g/mol. The van der Waals surface area contributed by atoms with E-state index >= 15 is 0 Å². The fraction of sp³-hybridized carbons (Fsp3) is 0.160. The molecule has 0 radical (unpaired) electrons. The van der Waals surface area contributed by atoms with E-state index in [1.165, 1.54) is 20.3 Å². The van der Waals surface area contributed by atoms with E-state index in [2.05, 4.69) is 29.2 Å². The first kappa shape index (κ1) is 21.8. The number of esters is 2. The van der Waals surface area contributed by atoms with Crippen molar-refractivity contribution >= 4 is 29.8 Å². The van der Waals surface area contributed by atoms with Crippen molar-refractivity contribution in [3.05, 3.63) is 89.2 Å². The van der Waals surface area contributed by atoms with Crippen molar-refractivity contribution < 1.29 is 23.6 Å². The molecule has 3 rings (SSSR count). The number of carbonyl (C=O) groups excluding carboxylic acids is 2. The highest BCUT2D eigenvalue weighted by molar-refractivity contribution is 5.96. The second-order valence-corrected chi connectivity index (χ2v) is 7.11. The van der Waals surface area contributed by atoms with Crippen LogP contribution in [-0.2, 0) is 9.47 Å². The van der Waals surface area contributed by atoms with Crippen LogP contribution < -0.4 is 9.47 Å². The number of hydrogen-bond donors (Lipinski definition) is 0. The number of anilines is 1. The van der Waals surface area contributed by atoms with Gasteiger partial charge < -0.3 is 14.4 Å². The Morgan fingerprint density at radius 3 is 1.71 bits per heavy atom. The Balaban J connectivity index is 1.85. The van der Waals surface area contributed by atoms with Gasteiger partial charge in [0, 0.05) is 44.0 Å². The molecule has 0 atom stereocenters. The molecule has 0 saturated heterocycles. The van der Waals surface area contributed by atoms with Crippen molar-refractivity contribution in [2.45, 2.75) is 0 Å². The van der Waals surface area contributed by atoms with E-state index in [1.807, 2.05) is 55.3 Å². The molecule has 3 aromatic rings. The van der Waals surface area contributed by atoms with Crippen LogP contribution >= 0.6 is 0 Å². The van der Waals surface area contributed by atoms with Gasteiger partial charge in [-0.25, -0.2) is 9.59 Å². The third-order valence-corrected chi connectivity index (χ3v) is 4.79. The Kier molecular flexibility index (Phi) is 6.82. The van der Waals surface area contributed by atoms with E-state index in [9.17, 15) is 9.59 Å². The smallest absolute Gasteiger partial charge is 0.338 e. The molecule has 1 aromatic heterocycles. The molecular formula is C25H25N2O4+. The lowest BCUT2D eigenvalue weighted by molar-refractivity contribution is -0.595. The topological polar surface area (TPSA) is 59.7 Å². The zero-order valence-corrected chi connectivity index (χ0v) is 18.0. The van der Waals surface area contributed by atoms with Crippen LogP contribution in [0, 0.1) is 0 Å². The maximum Gasteiger partial charge on any atom is 0.338 e. The Bertz CT molecular complexity index is 1070. The van der Waals surface area contributed by atoms with E-state index in [4.69, 9.17) is 9.47 Å². The van der Waals surface area contributed by atoms with Crippen LogP contribution in [0.4, 0.5) is 5.69 Å². The van der Waals surface area contributed by atoms with Crippen LogP contribution in [0.5, 0.6) is 0 Å². The number of pyridine rings is 1. The highest BCUT2D eigenvalue weighted by atomic mass is 16.5. The van der Waals surface area contributed by atoms with Crippen molar-refractivity contribution in [2.24, 2.45) is 0 Å². The number of ether oxygens (including phenoxy) is 2. The molecule has 158 valence electrons. The van der Waals surface area contributed by atoms with Crippen molar-refractivity contribution in [1.82, 2.24) is 0 Å². The first-order chi connectivity index (χ1) is 14.9. The van der Waals surface area contributed by atoms with Gasteiger partial charge in [-0.3, -0.25) is 0 Å². The zero-order valence-electron chi connectivity index (χ0n) is 18.0. The van der Waals surface area contributed by atoms with Crippen LogP contribution in [-0.4, -0.2) is 40.3 Å². The van der Waals surface area contributed by atoms with Crippen LogP contribution in [0.25, 0.3) is 17.8 Å². The standard InChI is InChI=1S/C25H25N2O4/c1-26(2)22-9-7-18(8-10-22)5-6-19-11-13-27(14-12-19)23-16-20(24(28)30-3)15-21(17-23)25(29)31-4/h5-17H,1-4H3/q+1. The van der Waals surface area contributed by atoms with E-state index in [-0.39, 0.29) is 11.1 Å². The minimum Gasteiger partial charge on any atom is -0.465 e. The molecule has 0 saturated carbocycles. The van der Waals surface area contributed by atoms with E-state index < -0.39 is 11.9 Å². The molecule has 1 heterocycles.